The molecule has 120 valence electrons. The molecule has 21 heavy (non-hydrogen) atoms. The van der Waals surface area contributed by atoms with Crippen molar-refractivity contribution in [1.82, 2.24) is 5.32 Å². The van der Waals surface area contributed by atoms with E-state index in [0.717, 1.165) is 31.4 Å². The van der Waals surface area contributed by atoms with Crippen LogP contribution in [0.1, 0.15) is 45.6 Å². The van der Waals surface area contributed by atoms with Crippen molar-refractivity contribution >= 4 is 11.6 Å². The molecule has 2 nitrogen and oxygen atoms in total. The Morgan fingerprint density at radius 2 is 2.00 bits per heavy atom. The molecule has 0 radical (unpaired) electrons. The second-order valence-electron chi connectivity index (χ2n) is 5.26. The molecular formula is C17H27ClFNO. The average Bonchev–Trinajstić information content (AvgIpc) is 2.47. The molecule has 0 aliphatic heterocycles. The van der Waals surface area contributed by atoms with Crippen LogP contribution >= 0.6 is 11.6 Å². The first-order chi connectivity index (χ1) is 10.1. The summed E-state index contributed by atoms with van der Waals surface area (Å²) in [7, 11) is 0. The molecule has 0 aliphatic rings. The molecule has 0 spiro atoms. The quantitative estimate of drug-likeness (QED) is 0.681. The Labute approximate surface area is 133 Å². The molecule has 0 fully saturated rings. The summed E-state index contributed by atoms with van der Waals surface area (Å²) < 4.78 is 19.5. The Morgan fingerprint density at radius 1 is 1.24 bits per heavy atom. The highest BCUT2D eigenvalue weighted by molar-refractivity contribution is 6.31. The van der Waals surface area contributed by atoms with E-state index in [1.165, 1.54) is 6.07 Å². The summed E-state index contributed by atoms with van der Waals surface area (Å²) in [4.78, 5) is 0. The molecule has 2 atom stereocenters. The van der Waals surface area contributed by atoms with Crippen molar-refractivity contribution < 1.29 is 9.13 Å². The fourth-order valence-electron chi connectivity index (χ4n) is 2.51. The minimum atomic E-state index is -0.355. The van der Waals surface area contributed by atoms with Crippen LogP contribution in [-0.4, -0.2) is 25.3 Å². The van der Waals surface area contributed by atoms with E-state index in [1.807, 2.05) is 13.0 Å². The summed E-state index contributed by atoms with van der Waals surface area (Å²) in [6, 6.07) is 5.15. The Bertz CT molecular complexity index is 408. The second kappa shape index (κ2) is 10.1. The van der Waals surface area contributed by atoms with Crippen LogP contribution in [0.3, 0.4) is 0 Å². The van der Waals surface area contributed by atoms with Crippen LogP contribution in [0.15, 0.2) is 18.2 Å². The smallest absolute Gasteiger partial charge is 0.142 e. The maximum absolute atomic E-state index is 13.6. The van der Waals surface area contributed by atoms with Gasteiger partial charge < -0.3 is 10.1 Å². The molecule has 0 heterocycles. The summed E-state index contributed by atoms with van der Waals surface area (Å²) in [6.45, 7) is 7.90. The van der Waals surface area contributed by atoms with Crippen molar-refractivity contribution in [2.24, 2.45) is 0 Å². The van der Waals surface area contributed by atoms with Gasteiger partial charge in [0.1, 0.15) is 5.82 Å². The largest absolute Gasteiger partial charge is 0.377 e. The fraction of sp³-hybridized carbons (Fsp3) is 0.647. The van der Waals surface area contributed by atoms with E-state index in [0.29, 0.717) is 13.0 Å². The van der Waals surface area contributed by atoms with Gasteiger partial charge in [0.05, 0.1) is 11.1 Å². The predicted molar refractivity (Wildman–Crippen MR) is 87.5 cm³/mol. The van der Waals surface area contributed by atoms with Gasteiger partial charge in [-0.1, -0.05) is 44.0 Å². The topological polar surface area (TPSA) is 21.3 Å². The lowest BCUT2D eigenvalue weighted by atomic mass is 9.97. The third-order valence-corrected chi connectivity index (χ3v) is 3.95. The third-order valence-electron chi connectivity index (χ3n) is 3.53. The van der Waals surface area contributed by atoms with Crippen LogP contribution in [-0.2, 0) is 11.2 Å². The van der Waals surface area contributed by atoms with Gasteiger partial charge in [-0.2, -0.15) is 0 Å². The number of halogens is 2. The summed E-state index contributed by atoms with van der Waals surface area (Å²) in [5.74, 6) is -0.355. The summed E-state index contributed by atoms with van der Waals surface area (Å²) in [6.07, 6.45) is 3.92. The highest BCUT2D eigenvalue weighted by atomic mass is 35.5. The molecule has 4 heteroatoms. The zero-order valence-corrected chi connectivity index (χ0v) is 14.0. The molecule has 0 saturated heterocycles. The van der Waals surface area contributed by atoms with Crippen LogP contribution in [0, 0.1) is 5.82 Å². The van der Waals surface area contributed by atoms with E-state index in [2.05, 4.69) is 19.2 Å². The predicted octanol–water partition coefficient (Wildman–Crippen LogP) is 4.60. The zero-order chi connectivity index (χ0) is 15.7. The number of rotatable bonds is 10. The average molecular weight is 316 g/mol. The van der Waals surface area contributed by atoms with Gasteiger partial charge in [0.25, 0.3) is 0 Å². The molecule has 1 rings (SSSR count). The standard InChI is InChI=1S/C17H27ClFNO/c1-4-8-16(21-6-3)15(20-11-5-2)12-13-9-7-10-14(19)17(13)18/h7,9-10,15-16,20H,4-6,8,11-12H2,1-3H3. The minimum Gasteiger partial charge on any atom is -0.377 e. The highest BCUT2D eigenvalue weighted by Crippen LogP contribution is 2.23. The van der Waals surface area contributed by atoms with Gasteiger partial charge >= 0.3 is 0 Å². The van der Waals surface area contributed by atoms with Crippen molar-refractivity contribution in [3.63, 3.8) is 0 Å². The molecular weight excluding hydrogens is 289 g/mol. The van der Waals surface area contributed by atoms with Gasteiger partial charge in [-0.3, -0.25) is 0 Å². The first kappa shape index (κ1) is 18.4. The van der Waals surface area contributed by atoms with Crippen LogP contribution in [0.5, 0.6) is 0 Å². The molecule has 0 amide bonds. The normalized spacial score (nSPS) is 14.1. The van der Waals surface area contributed by atoms with E-state index in [-0.39, 0.29) is 23.0 Å². The summed E-state index contributed by atoms with van der Waals surface area (Å²) in [5.41, 5.74) is 0.839. The first-order valence-corrected chi connectivity index (χ1v) is 8.29. The lowest BCUT2D eigenvalue weighted by molar-refractivity contribution is 0.0282. The van der Waals surface area contributed by atoms with Crippen LogP contribution < -0.4 is 5.32 Å². The van der Waals surface area contributed by atoms with E-state index in [4.69, 9.17) is 16.3 Å². The van der Waals surface area contributed by atoms with Crippen LogP contribution in [0.25, 0.3) is 0 Å². The van der Waals surface area contributed by atoms with Crippen molar-refractivity contribution in [1.29, 1.82) is 0 Å². The molecule has 0 aromatic heterocycles. The fourth-order valence-corrected chi connectivity index (χ4v) is 2.71. The number of hydrogen-bond acceptors (Lipinski definition) is 2. The van der Waals surface area contributed by atoms with Gasteiger partial charge in [-0.05, 0) is 44.4 Å². The number of ether oxygens (including phenoxy) is 1. The lowest BCUT2D eigenvalue weighted by Gasteiger charge is -2.28. The van der Waals surface area contributed by atoms with E-state index in [9.17, 15) is 4.39 Å². The Hall–Kier alpha value is -0.640. The molecule has 0 bridgehead atoms. The Balaban J connectivity index is 2.87. The number of benzene rings is 1. The lowest BCUT2D eigenvalue weighted by Crippen LogP contribution is -2.43. The maximum atomic E-state index is 13.6. The van der Waals surface area contributed by atoms with Gasteiger partial charge in [0.2, 0.25) is 0 Å². The van der Waals surface area contributed by atoms with Crippen LogP contribution in [0.2, 0.25) is 5.02 Å². The molecule has 0 aliphatic carbocycles. The van der Waals surface area contributed by atoms with E-state index < -0.39 is 0 Å². The SMILES string of the molecule is CCCNC(Cc1cccc(F)c1Cl)C(CCC)OCC. The molecule has 2 unspecified atom stereocenters. The second-order valence-corrected chi connectivity index (χ2v) is 5.64. The van der Waals surface area contributed by atoms with Crippen LogP contribution in [0.4, 0.5) is 4.39 Å². The van der Waals surface area contributed by atoms with E-state index >= 15 is 0 Å². The van der Waals surface area contributed by atoms with Gasteiger partial charge in [-0.15, -0.1) is 0 Å². The van der Waals surface area contributed by atoms with Gasteiger partial charge in [0, 0.05) is 12.6 Å². The third kappa shape index (κ3) is 5.93. The maximum Gasteiger partial charge on any atom is 0.142 e. The van der Waals surface area contributed by atoms with Crippen molar-refractivity contribution in [3.05, 3.63) is 34.6 Å². The van der Waals surface area contributed by atoms with Gasteiger partial charge in [0.15, 0.2) is 0 Å². The Morgan fingerprint density at radius 3 is 2.62 bits per heavy atom. The van der Waals surface area contributed by atoms with Crippen molar-refractivity contribution in [3.8, 4) is 0 Å². The first-order valence-electron chi connectivity index (χ1n) is 7.91. The molecule has 1 aromatic carbocycles. The number of nitrogens with one attached hydrogen (secondary N) is 1. The van der Waals surface area contributed by atoms with E-state index in [1.54, 1.807) is 6.07 Å². The Kier molecular flexibility index (Phi) is 8.90. The van der Waals surface area contributed by atoms with Gasteiger partial charge in [-0.25, -0.2) is 4.39 Å². The summed E-state index contributed by atoms with van der Waals surface area (Å²) in [5, 5.41) is 3.76. The summed E-state index contributed by atoms with van der Waals surface area (Å²) >= 11 is 6.09. The number of hydrogen-bond donors (Lipinski definition) is 1. The van der Waals surface area contributed by atoms with Crippen molar-refractivity contribution in [2.45, 2.75) is 58.6 Å². The highest BCUT2D eigenvalue weighted by Gasteiger charge is 2.22. The molecule has 1 aromatic rings. The van der Waals surface area contributed by atoms with Crippen molar-refractivity contribution in [2.75, 3.05) is 13.2 Å². The minimum absolute atomic E-state index is 0.130. The monoisotopic (exact) mass is 315 g/mol. The molecule has 0 saturated carbocycles. The molecule has 1 N–H and O–H groups in total. The zero-order valence-electron chi connectivity index (χ0n) is 13.3.